The first-order valence-electron chi connectivity index (χ1n) is 7.65. The van der Waals surface area contributed by atoms with Gasteiger partial charge < -0.3 is 10.0 Å². The highest BCUT2D eigenvalue weighted by atomic mass is 16.3. The Morgan fingerprint density at radius 1 is 1.26 bits per heavy atom. The van der Waals surface area contributed by atoms with Crippen molar-refractivity contribution in [3.63, 3.8) is 0 Å². The molecule has 2 fully saturated rings. The van der Waals surface area contributed by atoms with Crippen molar-refractivity contribution in [2.45, 2.75) is 70.6 Å². The predicted octanol–water partition coefficient (Wildman–Crippen LogP) is 1.62. The lowest BCUT2D eigenvalue weighted by atomic mass is 9.96. The second-order valence-corrected chi connectivity index (χ2v) is 6.68. The number of aliphatic hydroxyl groups is 1. The Labute approximate surface area is 116 Å². The number of carbonyl (C=O) groups excluding carboxylic acids is 1. The van der Waals surface area contributed by atoms with Gasteiger partial charge >= 0.3 is 0 Å². The van der Waals surface area contributed by atoms with Crippen molar-refractivity contribution >= 4 is 5.91 Å². The summed E-state index contributed by atoms with van der Waals surface area (Å²) in [4.78, 5) is 16.5. The Bertz CT molecular complexity index is 325. The Kier molecular flexibility index (Phi) is 4.51. The Balaban J connectivity index is 1.83. The van der Waals surface area contributed by atoms with Gasteiger partial charge in [-0.15, -0.1) is 0 Å². The first-order valence-corrected chi connectivity index (χ1v) is 7.65. The lowest BCUT2D eigenvalue weighted by molar-refractivity contribution is -0.132. The Morgan fingerprint density at radius 2 is 1.95 bits per heavy atom. The van der Waals surface area contributed by atoms with Gasteiger partial charge in [-0.3, -0.25) is 9.69 Å². The van der Waals surface area contributed by atoms with E-state index in [0.717, 1.165) is 45.3 Å². The predicted molar refractivity (Wildman–Crippen MR) is 75.9 cm³/mol. The van der Waals surface area contributed by atoms with Gasteiger partial charge in [0.05, 0.1) is 5.60 Å². The zero-order chi connectivity index (χ0) is 14.0. The number of nitrogens with zero attached hydrogens (tertiary/aromatic N) is 2. The Morgan fingerprint density at radius 3 is 2.53 bits per heavy atom. The highest BCUT2D eigenvalue weighted by Gasteiger charge is 2.36. The van der Waals surface area contributed by atoms with Gasteiger partial charge in [-0.05, 0) is 53.0 Å². The molecule has 0 aromatic rings. The molecule has 0 aromatic heterocycles. The van der Waals surface area contributed by atoms with Gasteiger partial charge in [-0.1, -0.05) is 0 Å². The van der Waals surface area contributed by atoms with Crippen LogP contribution in [0.5, 0.6) is 0 Å². The molecular formula is C15H28N2O2. The highest BCUT2D eigenvalue weighted by molar-refractivity contribution is 5.77. The minimum atomic E-state index is -0.666. The summed E-state index contributed by atoms with van der Waals surface area (Å²) >= 11 is 0. The molecule has 2 aliphatic heterocycles. The average Bonchev–Trinajstić information content (AvgIpc) is 2.93. The molecule has 2 atom stereocenters. The summed E-state index contributed by atoms with van der Waals surface area (Å²) in [6.45, 7) is 8.62. The quantitative estimate of drug-likeness (QED) is 0.842. The molecule has 4 nitrogen and oxygen atoms in total. The van der Waals surface area contributed by atoms with Crippen molar-refractivity contribution in [2.75, 3.05) is 19.6 Å². The molecule has 0 bridgehead atoms. The smallest absolute Gasteiger partial charge is 0.224 e. The third kappa shape index (κ3) is 3.48. The maximum atomic E-state index is 12.2. The van der Waals surface area contributed by atoms with Gasteiger partial charge in [-0.25, -0.2) is 0 Å². The van der Waals surface area contributed by atoms with Crippen LogP contribution in [0.3, 0.4) is 0 Å². The molecule has 1 amide bonds. The molecule has 1 N–H and O–H groups in total. The van der Waals surface area contributed by atoms with Crippen LogP contribution >= 0.6 is 0 Å². The lowest BCUT2D eigenvalue weighted by Gasteiger charge is -2.34. The molecule has 0 aromatic carbocycles. The monoisotopic (exact) mass is 268 g/mol. The van der Waals surface area contributed by atoms with Gasteiger partial charge in [0.2, 0.25) is 5.91 Å². The van der Waals surface area contributed by atoms with E-state index < -0.39 is 5.60 Å². The third-order valence-electron chi connectivity index (χ3n) is 4.67. The number of hydrogen-bond acceptors (Lipinski definition) is 3. The van der Waals surface area contributed by atoms with Crippen molar-refractivity contribution in [1.82, 2.24) is 9.80 Å². The minimum Gasteiger partial charge on any atom is -0.389 e. The van der Waals surface area contributed by atoms with Gasteiger partial charge in [0.15, 0.2) is 0 Å². The molecule has 4 heteroatoms. The number of carbonyl (C=O) groups is 1. The van der Waals surface area contributed by atoms with E-state index in [1.807, 2.05) is 18.7 Å². The summed E-state index contributed by atoms with van der Waals surface area (Å²) in [6, 6.07) is 0.618. The molecule has 2 rings (SSSR count). The van der Waals surface area contributed by atoms with Crippen LogP contribution in [0, 0.1) is 0 Å². The summed E-state index contributed by atoms with van der Waals surface area (Å²) in [5.41, 5.74) is -0.666. The number of rotatable bonds is 4. The van der Waals surface area contributed by atoms with E-state index in [4.69, 9.17) is 0 Å². The fraction of sp³-hybridized carbons (Fsp3) is 0.933. The molecule has 19 heavy (non-hydrogen) atoms. The normalized spacial score (nSPS) is 29.2. The van der Waals surface area contributed by atoms with E-state index in [1.54, 1.807) is 0 Å². The third-order valence-corrected chi connectivity index (χ3v) is 4.67. The number of likely N-dealkylation sites (tertiary alicyclic amines) is 2. The van der Waals surface area contributed by atoms with E-state index >= 15 is 0 Å². The molecule has 0 saturated carbocycles. The maximum absolute atomic E-state index is 12.2. The second-order valence-electron chi connectivity index (χ2n) is 6.68. The van der Waals surface area contributed by atoms with Crippen molar-refractivity contribution in [3.05, 3.63) is 0 Å². The fourth-order valence-electron chi connectivity index (χ4n) is 3.58. The largest absolute Gasteiger partial charge is 0.389 e. The molecule has 0 spiro atoms. The molecule has 2 saturated heterocycles. The Hall–Kier alpha value is -0.610. The van der Waals surface area contributed by atoms with Crippen molar-refractivity contribution < 1.29 is 9.90 Å². The van der Waals surface area contributed by atoms with E-state index in [0.29, 0.717) is 12.5 Å². The maximum Gasteiger partial charge on any atom is 0.224 e. The summed E-state index contributed by atoms with van der Waals surface area (Å²) in [6.07, 6.45) is 5.04. The van der Waals surface area contributed by atoms with Gasteiger partial charge in [0.1, 0.15) is 0 Å². The van der Waals surface area contributed by atoms with Gasteiger partial charge in [-0.2, -0.15) is 0 Å². The van der Waals surface area contributed by atoms with Gasteiger partial charge in [0, 0.05) is 31.6 Å². The van der Waals surface area contributed by atoms with Crippen LogP contribution in [0.2, 0.25) is 0 Å². The summed E-state index contributed by atoms with van der Waals surface area (Å²) < 4.78 is 0. The molecular weight excluding hydrogens is 240 g/mol. The van der Waals surface area contributed by atoms with E-state index in [-0.39, 0.29) is 11.9 Å². The van der Waals surface area contributed by atoms with Crippen LogP contribution in [0.1, 0.15) is 52.9 Å². The number of amides is 1. The summed E-state index contributed by atoms with van der Waals surface area (Å²) in [7, 11) is 0. The first-order chi connectivity index (χ1) is 8.89. The summed E-state index contributed by atoms with van der Waals surface area (Å²) in [5, 5.41) is 10.2. The van der Waals surface area contributed by atoms with E-state index in [1.165, 1.54) is 0 Å². The van der Waals surface area contributed by atoms with Crippen LogP contribution in [0.25, 0.3) is 0 Å². The van der Waals surface area contributed by atoms with E-state index in [2.05, 4.69) is 11.8 Å². The van der Waals surface area contributed by atoms with Gasteiger partial charge in [0.25, 0.3) is 0 Å². The highest BCUT2D eigenvalue weighted by Crippen LogP contribution is 2.27. The lowest BCUT2D eigenvalue weighted by Crippen LogP contribution is -2.47. The zero-order valence-corrected chi connectivity index (χ0v) is 12.6. The minimum absolute atomic E-state index is 0.205. The second kappa shape index (κ2) is 5.80. The van der Waals surface area contributed by atoms with Crippen molar-refractivity contribution in [3.8, 4) is 0 Å². The van der Waals surface area contributed by atoms with Crippen LogP contribution < -0.4 is 0 Å². The first kappa shape index (κ1) is 14.8. The molecule has 0 aliphatic carbocycles. The molecule has 0 radical (unpaired) electrons. The van der Waals surface area contributed by atoms with Crippen LogP contribution in [-0.2, 0) is 4.79 Å². The van der Waals surface area contributed by atoms with E-state index in [9.17, 15) is 9.90 Å². The van der Waals surface area contributed by atoms with Crippen molar-refractivity contribution in [1.29, 1.82) is 0 Å². The molecule has 2 heterocycles. The zero-order valence-electron chi connectivity index (χ0n) is 12.6. The molecule has 110 valence electrons. The van der Waals surface area contributed by atoms with Crippen LogP contribution in [0.4, 0.5) is 0 Å². The van der Waals surface area contributed by atoms with Crippen molar-refractivity contribution in [2.24, 2.45) is 0 Å². The fourth-order valence-corrected chi connectivity index (χ4v) is 3.58. The van der Waals surface area contributed by atoms with Crippen LogP contribution in [-0.4, -0.2) is 58.1 Å². The average molecular weight is 268 g/mol. The summed E-state index contributed by atoms with van der Waals surface area (Å²) in [5.74, 6) is 0.284. The SMILES string of the molecule is CC1CCCN1C(=O)CCN1CCCC1C(C)(C)O. The number of hydrogen-bond donors (Lipinski definition) is 1. The van der Waals surface area contributed by atoms with Crippen LogP contribution in [0.15, 0.2) is 0 Å². The molecule has 2 aliphatic rings. The molecule has 2 unspecified atom stereocenters. The standard InChI is InChI=1S/C15H28N2O2/c1-12-6-4-10-17(12)14(18)8-11-16-9-5-7-13(16)15(2,3)19/h12-13,19H,4-11H2,1-3H3. The topological polar surface area (TPSA) is 43.8 Å².